The summed E-state index contributed by atoms with van der Waals surface area (Å²) in [6.07, 6.45) is 0. The highest BCUT2D eigenvalue weighted by Gasteiger charge is 2.21. The lowest BCUT2D eigenvalue weighted by Crippen LogP contribution is -2.42. The van der Waals surface area contributed by atoms with Crippen LogP contribution in [0, 0.1) is 27.7 Å². The standard InChI is InChI=1S/C26H26ClN5O2/c1-16-14-22(18(3)32(16)21-11-6-5-7-12-21)25(33)28-29-26(34)24-17(2)30-31(19(24)4)15-20-10-8-9-13-23(20)27/h5-14H,15H2,1-4H3,(H,28,33)(H,29,34). The zero-order valence-corrected chi connectivity index (χ0v) is 20.3. The predicted octanol–water partition coefficient (Wildman–Crippen LogP) is 4.68. The van der Waals surface area contributed by atoms with Crippen molar-refractivity contribution < 1.29 is 9.59 Å². The van der Waals surface area contributed by atoms with Gasteiger partial charge in [-0.15, -0.1) is 0 Å². The first-order chi connectivity index (χ1) is 16.3. The first-order valence-electron chi connectivity index (χ1n) is 10.9. The third kappa shape index (κ3) is 4.47. The lowest BCUT2D eigenvalue weighted by atomic mass is 10.2. The van der Waals surface area contributed by atoms with Gasteiger partial charge >= 0.3 is 0 Å². The summed E-state index contributed by atoms with van der Waals surface area (Å²) in [7, 11) is 0. The third-order valence-electron chi connectivity index (χ3n) is 5.87. The second-order valence-electron chi connectivity index (χ2n) is 8.16. The van der Waals surface area contributed by atoms with Gasteiger partial charge in [-0.2, -0.15) is 5.10 Å². The Kier molecular flexibility index (Phi) is 6.56. The van der Waals surface area contributed by atoms with Crippen LogP contribution in [-0.2, 0) is 6.54 Å². The maximum atomic E-state index is 12.9. The number of para-hydroxylation sites is 1. The van der Waals surface area contributed by atoms with Crippen LogP contribution in [0.3, 0.4) is 0 Å². The fourth-order valence-electron chi connectivity index (χ4n) is 4.18. The highest BCUT2D eigenvalue weighted by molar-refractivity contribution is 6.31. The molecule has 2 N–H and O–H groups in total. The fourth-order valence-corrected chi connectivity index (χ4v) is 4.37. The molecule has 0 bridgehead atoms. The number of amides is 2. The summed E-state index contributed by atoms with van der Waals surface area (Å²) in [4.78, 5) is 25.8. The molecule has 0 unspecified atom stereocenters. The minimum absolute atomic E-state index is 0.387. The van der Waals surface area contributed by atoms with E-state index in [-0.39, 0.29) is 5.91 Å². The average molecular weight is 476 g/mol. The molecule has 2 aromatic carbocycles. The smallest absolute Gasteiger partial charge is 0.273 e. The Morgan fingerprint density at radius 1 is 0.882 bits per heavy atom. The molecule has 7 nitrogen and oxygen atoms in total. The van der Waals surface area contributed by atoms with Gasteiger partial charge < -0.3 is 4.57 Å². The fraction of sp³-hybridized carbons (Fsp3) is 0.192. The summed E-state index contributed by atoms with van der Waals surface area (Å²) >= 11 is 6.27. The molecular formula is C26H26ClN5O2. The summed E-state index contributed by atoms with van der Waals surface area (Å²) in [5.41, 5.74) is 10.8. The molecule has 4 aromatic rings. The van der Waals surface area contributed by atoms with E-state index in [1.165, 1.54) is 0 Å². The number of carbonyl (C=O) groups is 2. The number of carbonyl (C=O) groups excluding carboxylic acids is 2. The zero-order chi connectivity index (χ0) is 24.4. The number of hydrogen-bond acceptors (Lipinski definition) is 3. The maximum Gasteiger partial charge on any atom is 0.273 e. The molecule has 2 heterocycles. The molecule has 0 aliphatic rings. The highest BCUT2D eigenvalue weighted by Crippen LogP contribution is 2.21. The Morgan fingerprint density at radius 3 is 2.24 bits per heavy atom. The number of halogens is 1. The van der Waals surface area contributed by atoms with Gasteiger partial charge in [0.25, 0.3) is 11.8 Å². The Labute approximate surface area is 203 Å². The van der Waals surface area contributed by atoms with Crippen molar-refractivity contribution in [2.45, 2.75) is 34.2 Å². The molecule has 0 saturated carbocycles. The van der Waals surface area contributed by atoms with Crippen LogP contribution in [0.5, 0.6) is 0 Å². The second kappa shape index (κ2) is 9.57. The van der Waals surface area contributed by atoms with Crippen LogP contribution in [0.1, 0.15) is 49.1 Å². The number of rotatable bonds is 5. The van der Waals surface area contributed by atoms with E-state index < -0.39 is 5.91 Å². The SMILES string of the molecule is Cc1nn(Cc2ccccc2Cl)c(C)c1C(=O)NNC(=O)c1cc(C)n(-c2ccccc2)c1C. The largest absolute Gasteiger partial charge is 0.318 e. The molecule has 2 amide bonds. The van der Waals surface area contributed by atoms with Crippen LogP contribution < -0.4 is 10.9 Å². The van der Waals surface area contributed by atoms with Gasteiger partial charge in [-0.05, 0) is 57.5 Å². The number of nitrogens with one attached hydrogen (secondary N) is 2. The van der Waals surface area contributed by atoms with Crippen molar-refractivity contribution in [3.63, 3.8) is 0 Å². The van der Waals surface area contributed by atoms with E-state index in [9.17, 15) is 9.59 Å². The van der Waals surface area contributed by atoms with Gasteiger partial charge in [-0.1, -0.05) is 48.0 Å². The quantitative estimate of drug-likeness (QED) is 0.411. The van der Waals surface area contributed by atoms with Gasteiger partial charge in [0.2, 0.25) is 0 Å². The zero-order valence-electron chi connectivity index (χ0n) is 19.5. The summed E-state index contributed by atoms with van der Waals surface area (Å²) < 4.78 is 3.74. The maximum absolute atomic E-state index is 12.9. The molecule has 0 aliphatic carbocycles. The summed E-state index contributed by atoms with van der Waals surface area (Å²) in [6, 6.07) is 19.1. The molecule has 0 aliphatic heterocycles. The second-order valence-corrected chi connectivity index (χ2v) is 8.57. The molecule has 174 valence electrons. The molecule has 8 heteroatoms. The van der Waals surface area contributed by atoms with E-state index in [4.69, 9.17) is 11.6 Å². The average Bonchev–Trinajstić information content (AvgIpc) is 3.28. The van der Waals surface area contributed by atoms with Gasteiger partial charge in [0.15, 0.2) is 0 Å². The topological polar surface area (TPSA) is 81.0 Å². The van der Waals surface area contributed by atoms with E-state index in [1.807, 2.05) is 86.0 Å². The molecule has 0 spiro atoms. The summed E-state index contributed by atoms with van der Waals surface area (Å²) in [5, 5.41) is 5.14. The van der Waals surface area contributed by atoms with Gasteiger partial charge in [-0.25, -0.2) is 0 Å². The van der Waals surface area contributed by atoms with E-state index in [2.05, 4.69) is 16.0 Å². The number of aryl methyl sites for hydroxylation is 2. The van der Waals surface area contributed by atoms with Crippen molar-refractivity contribution >= 4 is 23.4 Å². The normalized spacial score (nSPS) is 10.9. The van der Waals surface area contributed by atoms with Crippen molar-refractivity contribution in [2.24, 2.45) is 0 Å². The molecule has 34 heavy (non-hydrogen) atoms. The van der Waals surface area contributed by atoms with Crippen LogP contribution in [0.4, 0.5) is 0 Å². The lowest BCUT2D eigenvalue weighted by molar-refractivity contribution is 0.0845. The number of hydrazine groups is 1. The Hall–Kier alpha value is -3.84. The van der Waals surface area contributed by atoms with Crippen molar-refractivity contribution in [3.8, 4) is 5.69 Å². The van der Waals surface area contributed by atoms with Gasteiger partial charge in [0.05, 0.1) is 23.4 Å². The number of aromatic nitrogens is 3. The Balaban J connectivity index is 1.49. The van der Waals surface area contributed by atoms with Gasteiger partial charge in [0.1, 0.15) is 0 Å². The number of benzene rings is 2. The molecule has 0 fully saturated rings. The van der Waals surface area contributed by atoms with Crippen LogP contribution in [0.15, 0.2) is 60.7 Å². The van der Waals surface area contributed by atoms with Crippen LogP contribution in [-0.4, -0.2) is 26.2 Å². The first-order valence-corrected chi connectivity index (χ1v) is 11.3. The molecule has 0 saturated heterocycles. The van der Waals surface area contributed by atoms with E-state index in [0.29, 0.717) is 34.1 Å². The number of nitrogens with zero attached hydrogens (tertiary/aromatic N) is 3. The third-order valence-corrected chi connectivity index (χ3v) is 6.23. The Morgan fingerprint density at radius 2 is 1.53 bits per heavy atom. The van der Waals surface area contributed by atoms with Crippen molar-refractivity contribution in [3.05, 3.63) is 105 Å². The molecule has 2 aromatic heterocycles. The van der Waals surface area contributed by atoms with Crippen LogP contribution in [0.2, 0.25) is 5.02 Å². The van der Waals surface area contributed by atoms with E-state index in [0.717, 1.165) is 22.6 Å². The van der Waals surface area contributed by atoms with Crippen LogP contribution >= 0.6 is 11.6 Å². The van der Waals surface area contributed by atoms with E-state index in [1.54, 1.807) is 11.6 Å². The van der Waals surface area contributed by atoms with Crippen molar-refractivity contribution in [1.29, 1.82) is 0 Å². The highest BCUT2D eigenvalue weighted by atomic mass is 35.5. The van der Waals surface area contributed by atoms with Crippen molar-refractivity contribution in [1.82, 2.24) is 25.2 Å². The molecule has 4 rings (SSSR count). The summed E-state index contributed by atoms with van der Waals surface area (Å²) in [5.74, 6) is -0.812. The van der Waals surface area contributed by atoms with Gasteiger partial charge in [0, 0.05) is 27.8 Å². The molecular weight excluding hydrogens is 450 g/mol. The minimum Gasteiger partial charge on any atom is -0.318 e. The minimum atomic E-state index is -0.425. The van der Waals surface area contributed by atoms with Crippen LogP contribution in [0.25, 0.3) is 5.69 Å². The van der Waals surface area contributed by atoms with E-state index >= 15 is 0 Å². The lowest BCUT2D eigenvalue weighted by Gasteiger charge is -2.11. The molecule has 0 radical (unpaired) electrons. The van der Waals surface area contributed by atoms with Crippen molar-refractivity contribution in [2.75, 3.05) is 0 Å². The summed E-state index contributed by atoms with van der Waals surface area (Å²) in [6.45, 7) is 7.85. The predicted molar refractivity (Wildman–Crippen MR) is 132 cm³/mol. The Bertz CT molecular complexity index is 1370. The molecule has 0 atom stereocenters. The monoisotopic (exact) mass is 475 g/mol. The number of hydrogen-bond donors (Lipinski definition) is 2. The van der Waals surface area contributed by atoms with Gasteiger partial charge in [-0.3, -0.25) is 25.1 Å². The first kappa shape index (κ1) is 23.3.